The molecule has 0 aliphatic carbocycles. The standard InChI is InChI=1S/C20H23NO5/c1-4-5-13-24-19-14-16(11-12-18(19)23-3)15(2)21-26-20(22)25-17-9-7-6-8-10-17/h6-12,14H,4-5,13H2,1-3H3. The van der Waals surface area contributed by atoms with E-state index in [9.17, 15) is 4.79 Å². The molecule has 0 aliphatic heterocycles. The van der Waals surface area contributed by atoms with E-state index in [0.717, 1.165) is 18.4 Å². The number of hydrogen-bond donors (Lipinski definition) is 0. The van der Waals surface area contributed by atoms with E-state index in [-0.39, 0.29) is 0 Å². The Morgan fingerprint density at radius 2 is 1.85 bits per heavy atom. The van der Waals surface area contributed by atoms with Crippen LogP contribution in [0.15, 0.2) is 53.7 Å². The number of unbranched alkanes of at least 4 members (excludes halogenated alkanes) is 1. The summed E-state index contributed by atoms with van der Waals surface area (Å²) in [6.45, 7) is 4.43. The van der Waals surface area contributed by atoms with E-state index in [1.807, 2.05) is 12.1 Å². The van der Waals surface area contributed by atoms with Gasteiger partial charge in [-0.2, -0.15) is 0 Å². The Balaban J connectivity index is 2.02. The van der Waals surface area contributed by atoms with E-state index in [1.165, 1.54) is 0 Å². The average Bonchev–Trinajstić information content (AvgIpc) is 2.67. The summed E-state index contributed by atoms with van der Waals surface area (Å²) < 4.78 is 16.1. The highest BCUT2D eigenvalue weighted by Gasteiger charge is 2.10. The van der Waals surface area contributed by atoms with Crippen molar-refractivity contribution in [1.82, 2.24) is 0 Å². The third kappa shape index (κ3) is 5.81. The summed E-state index contributed by atoms with van der Waals surface area (Å²) in [5.41, 5.74) is 1.27. The van der Waals surface area contributed by atoms with Gasteiger partial charge in [-0.3, -0.25) is 4.84 Å². The number of para-hydroxylation sites is 1. The minimum absolute atomic E-state index is 0.390. The van der Waals surface area contributed by atoms with Gasteiger partial charge in [-0.1, -0.05) is 36.7 Å². The molecule has 0 heterocycles. The molecule has 2 aromatic carbocycles. The van der Waals surface area contributed by atoms with Crippen LogP contribution in [0.3, 0.4) is 0 Å². The first-order valence-corrected chi connectivity index (χ1v) is 8.43. The summed E-state index contributed by atoms with van der Waals surface area (Å²) in [5.74, 6) is 1.66. The van der Waals surface area contributed by atoms with Crippen LogP contribution in [0.5, 0.6) is 17.2 Å². The molecule has 0 saturated heterocycles. The molecular weight excluding hydrogens is 334 g/mol. The fraction of sp³-hybridized carbons (Fsp3) is 0.300. The van der Waals surface area contributed by atoms with Crippen molar-refractivity contribution in [3.8, 4) is 17.2 Å². The third-order valence-electron chi connectivity index (χ3n) is 3.54. The van der Waals surface area contributed by atoms with Gasteiger partial charge in [-0.25, -0.2) is 4.79 Å². The molecule has 0 saturated carbocycles. The lowest BCUT2D eigenvalue weighted by Crippen LogP contribution is -2.09. The van der Waals surface area contributed by atoms with Crippen molar-refractivity contribution >= 4 is 11.9 Å². The molecule has 2 aromatic rings. The number of carbonyl (C=O) groups excluding carboxylic acids is 1. The van der Waals surface area contributed by atoms with Crippen molar-refractivity contribution < 1.29 is 23.8 Å². The van der Waals surface area contributed by atoms with Crippen molar-refractivity contribution in [2.75, 3.05) is 13.7 Å². The van der Waals surface area contributed by atoms with Gasteiger partial charge in [0.25, 0.3) is 0 Å². The second-order valence-corrected chi connectivity index (χ2v) is 5.50. The number of methoxy groups -OCH3 is 1. The quantitative estimate of drug-likeness (QED) is 0.169. The molecule has 0 bridgehead atoms. The first-order chi connectivity index (χ1) is 12.6. The lowest BCUT2D eigenvalue weighted by Gasteiger charge is -2.12. The van der Waals surface area contributed by atoms with Crippen LogP contribution < -0.4 is 14.2 Å². The highest BCUT2D eigenvalue weighted by molar-refractivity contribution is 5.99. The maximum Gasteiger partial charge on any atom is 0.540 e. The Morgan fingerprint density at radius 1 is 1.08 bits per heavy atom. The molecule has 6 nitrogen and oxygen atoms in total. The van der Waals surface area contributed by atoms with E-state index in [0.29, 0.717) is 29.6 Å². The molecule has 0 N–H and O–H groups in total. The van der Waals surface area contributed by atoms with Crippen LogP contribution >= 0.6 is 0 Å². The zero-order chi connectivity index (χ0) is 18.8. The second-order valence-electron chi connectivity index (χ2n) is 5.50. The van der Waals surface area contributed by atoms with Gasteiger partial charge in [-0.05, 0) is 43.7 Å². The smallest absolute Gasteiger partial charge is 0.493 e. The van der Waals surface area contributed by atoms with Gasteiger partial charge in [0.2, 0.25) is 0 Å². The molecule has 26 heavy (non-hydrogen) atoms. The molecular formula is C20H23NO5. The maximum absolute atomic E-state index is 11.7. The van der Waals surface area contributed by atoms with Crippen molar-refractivity contribution in [3.63, 3.8) is 0 Å². The van der Waals surface area contributed by atoms with Crippen molar-refractivity contribution in [2.24, 2.45) is 5.16 Å². The fourth-order valence-corrected chi connectivity index (χ4v) is 2.10. The second kappa shape index (κ2) is 10.1. The maximum atomic E-state index is 11.7. The fourth-order valence-electron chi connectivity index (χ4n) is 2.10. The average molecular weight is 357 g/mol. The van der Waals surface area contributed by atoms with Crippen LogP contribution in [0.25, 0.3) is 0 Å². The zero-order valence-corrected chi connectivity index (χ0v) is 15.2. The highest BCUT2D eigenvalue weighted by Crippen LogP contribution is 2.28. The Hall–Kier alpha value is -3.02. The lowest BCUT2D eigenvalue weighted by atomic mass is 10.1. The monoisotopic (exact) mass is 357 g/mol. The van der Waals surface area contributed by atoms with Gasteiger partial charge in [0.1, 0.15) is 5.75 Å². The Morgan fingerprint density at radius 3 is 2.54 bits per heavy atom. The summed E-state index contributed by atoms with van der Waals surface area (Å²) in [7, 11) is 1.59. The van der Waals surface area contributed by atoms with Crippen LogP contribution in [0, 0.1) is 0 Å². The molecule has 0 radical (unpaired) electrons. The summed E-state index contributed by atoms with van der Waals surface area (Å²) in [6, 6.07) is 14.1. The predicted molar refractivity (Wildman–Crippen MR) is 99.2 cm³/mol. The first-order valence-electron chi connectivity index (χ1n) is 8.43. The van der Waals surface area contributed by atoms with Gasteiger partial charge in [0, 0.05) is 5.56 Å². The minimum atomic E-state index is -0.900. The molecule has 0 aliphatic rings. The van der Waals surface area contributed by atoms with E-state index in [2.05, 4.69) is 12.1 Å². The van der Waals surface area contributed by atoms with Crippen molar-refractivity contribution in [2.45, 2.75) is 26.7 Å². The topological polar surface area (TPSA) is 66.4 Å². The molecule has 0 aromatic heterocycles. The van der Waals surface area contributed by atoms with Crippen molar-refractivity contribution in [1.29, 1.82) is 0 Å². The predicted octanol–water partition coefficient (Wildman–Crippen LogP) is 4.81. The van der Waals surface area contributed by atoms with Gasteiger partial charge < -0.3 is 14.2 Å². The molecule has 0 atom stereocenters. The van der Waals surface area contributed by atoms with Gasteiger partial charge in [0.15, 0.2) is 11.5 Å². The van der Waals surface area contributed by atoms with Crippen molar-refractivity contribution in [3.05, 3.63) is 54.1 Å². The molecule has 0 fully saturated rings. The Kier molecular flexibility index (Phi) is 7.49. The van der Waals surface area contributed by atoms with Gasteiger partial charge in [-0.15, -0.1) is 0 Å². The molecule has 0 unspecified atom stereocenters. The van der Waals surface area contributed by atoms with Gasteiger partial charge >= 0.3 is 6.16 Å². The number of rotatable bonds is 8. The number of oxime groups is 1. The number of benzene rings is 2. The largest absolute Gasteiger partial charge is 0.540 e. The number of ether oxygens (including phenoxy) is 3. The number of carbonyl (C=O) groups is 1. The summed E-state index contributed by atoms with van der Waals surface area (Å²) in [6.07, 6.45) is 1.10. The van der Waals surface area contributed by atoms with Crippen LogP contribution in [0.4, 0.5) is 4.79 Å². The van der Waals surface area contributed by atoms with Gasteiger partial charge in [0.05, 0.1) is 19.4 Å². The first kappa shape index (κ1) is 19.3. The molecule has 138 valence electrons. The van der Waals surface area contributed by atoms with E-state index >= 15 is 0 Å². The molecule has 0 spiro atoms. The minimum Gasteiger partial charge on any atom is -0.493 e. The lowest BCUT2D eigenvalue weighted by molar-refractivity contribution is 0.102. The van der Waals surface area contributed by atoms with Crippen LogP contribution in [0.1, 0.15) is 32.3 Å². The van der Waals surface area contributed by atoms with Crippen LogP contribution in [-0.4, -0.2) is 25.6 Å². The SMILES string of the molecule is CCCCOc1cc(C(C)=NOC(=O)Oc2ccccc2)ccc1OC. The number of nitrogens with zero attached hydrogens (tertiary/aromatic N) is 1. The Bertz CT molecular complexity index is 743. The molecule has 6 heteroatoms. The zero-order valence-electron chi connectivity index (χ0n) is 15.2. The third-order valence-corrected chi connectivity index (χ3v) is 3.54. The van der Waals surface area contributed by atoms with Crippen LogP contribution in [-0.2, 0) is 4.84 Å². The van der Waals surface area contributed by atoms with E-state index in [1.54, 1.807) is 50.4 Å². The summed E-state index contributed by atoms with van der Waals surface area (Å²) >= 11 is 0. The van der Waals surface area contributed by atoms with E-state index < -0.39 is 6.16 Å². The molecule has 0 amide bonds. The van der Waals surface area contributed by atoms with E-state index in [4.69, 9.17) is 19.0 Å². The summed E-state index contributed by atoms with van der Waals surface area (Å²) in [4.78, 5) is 16.5. The number of hydrogen-bond acceptors (Lipinski definition) is 6. The van der Waals surface area contributed by atoms with Crippen LogP contribution in [0.2, 0.25) is 0 Å². The normalized spacial score (nSPS) is 11.0. The molecule has 2 rings (SSSR count). The highest BCUT2D eigenvalue weighted by atomic mass is 16.8. The Labute approximate surface area is 153 Å². The summed E-state index contributed by atoms with van der Waals surface area (Å²) in [5, 5.41) is 3.83.